The molecule has 0 heterocycles. The molecular formula is C36H45F3N2O6. The number of aryl methyl sites for hydroxylation is 1. The second-order valence-electron chi connectivity index (χ2n) is 13.0. The Bertz CT molecular complexity index is 1510. The number of ether oxygens (including phenoxy) is 3. The predicted octanol–water partition coefficient (Wildman–Crippen LogP) is 8.82. The number of rotatable bonds is 12. The summed E-state index contributed by atoms with van der Waals surface area (Å²) < 4.78 is 56.1. The fourth-order valence-electron chi connectivity index (χ4n) is 5.20. The van der Waals surface area contributed by atoms with E-state index in [-0.39, 0.29) is 25.3 Å². The van der Waals surface area contributed by atoms with Crippen molar-refractivity contribution in [3.05, 3.63) is 83.4 Å². The van der Waals surface area contributed by atoms with Crippen molar-refractivity contribution in [3.63, 3.8) is 0 Å². The van der Waals surface area contributed by atoms with Gasteiger partial charge in [-0.1, -0.05) is 74.5 Å². The van der Waals surface area contributed by atoms with E-state index in [4.69, 9.17) is 14.2 Å². The van der Waals surface area contributed by atoms with Crippen LogP contribution in [-0.4, -0.2) is 47.5 Å². The molecule has 3 aromatic rings. The van der Waals surface area contributed by atoms with E-state index in [0.717, 1.165) is 28.5 Å². The van der Waals surface area contributed by atoms with Gasteiger partial charge in [0.05, 0.1) is 11.6 Å². The Morgan fingerprint density at radius 2 is 1.53 bits per heavy atom. The Morgan fingerprint density at radius 1 is 0.872 bits per heavy atom. The van der Waals surface area contributed by atoms with Crippen LogP contribution in [0.1, 0.15) is 84.0 Å². The highest BCUT2D eigenvalue weighted by atomic mass is 19.4. The summed E-state index contributed by atoms with van der Waals surface area (Å²) in [6.45, 7) is 12.3. The Morgan fingerprint density at radius 3 is 2.19 bits per heavy atom. The number of alkyl carbamates (subject to hydrolysis) is 1. The average molecular weight is 659 g/mol. The smallest absolute Gasteiger partial charge is 0.416 e. The molecule has 0 saturated heterocycles. The lowest BCUT2D eigenvalue weighted by atomic mass is 9.98. The fourth-order valence-corrected chi connectivity index (χ4v) is 5.20. The van der Waals surface area contributed by atoms with Crippen LogP contribution in [0.4, 0.5) is 22.8 Å². The Hall–Kier alpha value is -4.28. The van der Waals surface area contributed by atoms with Gasteiger partial charge in [-0.25, -0.2) is 14.4 Å². The Kier molecular flexibility index (Phi) is 12.7. The maximum atomic E-state index is 13.7. The second-order valence-corrected chi connectivity index (χ2v) is 13.0. The number of fused-ring (bicyclic) bond motifs is 1. The molecule has 3 atom stereocenters. The molecular weight excluding hydrogens is 613 g/mol. The van der Waals surface area contributed by atoms with Crippen LogP contribution in [0.5, 0.6) is 0 Å². The van der Waals surface area contributed by atoms with Crippen molar-refractivity contribution in [1.29, 1.82) is 0 Å². The molecule has 0 aliphatic rings. The minimum Gasteiger partial charge on any atom is -0.444 e. The van der Waals surface area contributed by atoms with Crippen LogP contribution in [0.3, 0.4) is 0 Å². The van der Waals surface area contributed by atoms with E-state index in [0.29, 0.717) is 12.0 Å². The number of benzene rings is 3. The number of amides is 2. The number of nitrogens with one attached hydrogen (secondary N) is 1. The zero-order valence-corrected chi connectivity index (χ0v) is 28.0. The highest BCUT2D eigenvalue weighted by Gasteiger charge is 2.32. The van der Waals surface area contributed by atoms with Gasteiger partial charge >= 0.3 is 24.3 Å². The molecule has 2 unspecified atom stereocenters. The van der Waals surface area contributed by atoms with Gasteiger partial charge in [0.15, 0.2) is 0 Å². The van der Waals surface area contributed by atoms with E-state index in [1.165, 1.54) is 17.9 Å². The molecule has 0 radical (unpaired) electrons. The lowest BCUT2D eigenvalue weighted by Crippen LogP contribution is -2.46. The number of halogens is 3. The first-order chi connectivity index (χ1) is 21.9. The molecule has 0 aromatic heterocycles. The lowest BCUT2D eigenvalue weighted by Gasteiger charge is -2.31. The molecule has 47 heavy (non-hydrogen) atoms. The molecule has 0 bridgehead atoms. The van der Waals surface area contributed by atoms with Crippen molar-refractivity contribution >= 4 is 28.9 Å². The largest absolute Gasteiger partial charge is 0.444 e. The van der Waals surface area contributed by atoms with Crippen molar-refractivity contribution in [2.75, 3.05) is 6.54 Å². The summed E-state index contributed by atoms with van der Waals surface area (Å²) in [5.74, 6) is -0.766. The normalized spacial score (nSPS) is 13.9. The highest BCUT2D eigenvalue weighted by Crippen LogP contribution is 2.31. The molecule has 11 heteroatoms. The number of nitrogens with zero attached hydrogens (tertiary/aromatic N) is 1. The van der Waals surface area contributed by atoms with Crippen LogP contribution in [0.25, 0.3) is 10.8 Å². The summed E-state index contributed by atoms with van der Waals surface area (Å²) >= 11 is 0. The minimum absolute atomic E-state index is 0.0224. The number of esters is 1. The molecule has 8 nitrogen and oxygen atoms in total. The van der Waals surface area contributed by atoms with Gasteiger partial charge < -0.3 is 24.4 Å². The van der Waals surface area contributed by atoms with Crippen LogP contribution in [0.15, 0.2) is 66.7 Å². The van der Waals surface area contributed by atoms with Gasteiger partial charge in [-0.05, 0) is 80.8 Å². The number of hydrogen-bond acceptors (Lipinski definition) is 6. The first kappa shape index (κ1) is 37.2. The van der Waals surface area contributed by atoms with Crippen molar-refractivity contribution in [3.8, 4) is 0 Å². The summed E-state index contributed by atoms with van der Waals surface area (Å²) in [4.78, 5) is 40.6. The first-order valence-corrected chi connectivity index (χ1v) is 15.8. The highest BCUT2D eigenvalue weighted by molar-refractivity contribution is 5.86. The second kappa shape index (κ2) is 16.0. The van der Waals surface area contributed by atoms with Crippen LogP contribution in [0, 0.1) is 5.92 Å². The number of carbonyl (C=O) groups is 3. The fraction of sp³-hybridized carbons (Fsp3) is 0.472. The summed E-state index contributed by atoms with van der Waals surface area (Å²) in [6, 6.07) is 17.0. The summed E-state index contributed by atoms with van der Waals surface area (Å²) in [5.41, 5.74) is -0.169. The molecule has 2 amide bonds. The zero-order valence-electron chi connectivity index (χ0n) is 28.0. The van der Waals surface area contributed by atoms with E-state index >= 15 is 0 Å². The number of alkyl halides is 3. The van der Waals surface area contributed by atoms with Crippen LogP contribution in [0.2, 0.25) is 0 Å². The van der Waals surface area contributed by atoms with Gasteiger partial charge in [-0.2, -0.15) is 13.2 Å². The lowest BCUT2D eigenvalue weighted by molar-refractivity contribution is -0.169. The van der Waals surface area contributed by atoms with Crippen molar-refractivity contribution in [2.45, 2.75) is 97.9 Å². The van der Waals surface area contributed by atoms with E-state index in [1.807, 2.05) is 63.2 Å². The third-order valence-electron chi connectivity index (χ3n) is 7.33. The van der Waals surface area contributed by atoms with Crippen molar-refractivity contribution in [1.82, 2.24) is 10.2 Å². The SMILES string of the molecule is CC(C)CC(NC(=O)OC(C)(C)C)C(=O)OC(C)OC(=O)N(CCCc1cccc(C(F)(F)F)c1)[C@H](C)c1cccc2ccccc12. The van der Waals surface area contributed by atoms with Crippen molar-refractivity contribution < 1.29 is 41.8 Å². The number of hydrogen-bond donors (Lipinski definition) is 1. The minimum atomic E-state index is -4.46. The van der Waals surface area contributed by atoms with Gasteiger partial charge in [0.1, 0.15) is 11.6 Å². The molecule has 0 fully saturated rings. The number of carbonyl (C=O) groups excluding carboxylic acids is 3. The van der Waals surface area contributed by atoms with E-state index in [1.54, 1.807) is 26.8 Å². The topological polar surface area (TPSA) is 94.2 Å². The van der Waals surface area contributed by atoms with E-state index < -0.39 is 53.9 Å². The van der Waals surface area contributed by atoms with Gasteiger partial charge in [0.25, 0.3) is 0 Å². The quantitative estimate of drug-likeness (QED) is 0.154. The molecule has 256 valence electrons. The molecule has 1 N–H and O–H groups in total. The van der Waals surface area contributed by atoms with E-state index in [2.05, 4.69) is 5.32 Å². The maximum absolute atomic E-state index is 13.7. The van der Waals surface area contributed by atoms with Crippen LogP contribution >= 0.6 is 0 Å². The monoisotopic (exact) mass is 658 g/mol. The molecule has 0 spiro atoms. The summed E-state index contributed by atoms with van der Waals surface area (Å²) in [5, 5.41) is 4.45. The first-order valence-electron chi connectivity index (χ1n) is 15.8. The summed E-state index contributed by atoms with van der Waals surface area (Å²) in [7, 11) is 0. The van der Waals surface area contributed by atoms with Gasteiger partial charge in [-0.3, -0.25) is 0 Å². The van der Waals surface area contributed by atoms with Crippen LogP contribution < -0.4 is 5.32 Å². The Labute approximate surface area is 274 Å². The van der Waals surface area contributed by atoms with Gasteiger partial charge in [0.2, 0.25) is 6.29 Å². The third-order valence-corrected chi connectivity index (χ3v) is 7.33. The average Bonchev–Trinajstić information content (AvgIpc) is 2.96. The van der Waals surface area contributed by atoms with Crippen LogP contribution in [-0.2, 0) is 31.6 Å². The predicted molar refractivity (Wildman–Crippen MR) is 173 cm³/mol. The van der Waals surface area contributed by atoms with Gasteiger partial charge in [-0.15, -0.1) is 0 Å². The molecule has 0 aliphatic heterocycles. The molecule has 3 aromatic carbocycles. The Balaban J connectivity index is 1.78. The van der Waals surface area contributed by atoms with Gasteiger partial charge in [0, 0.05) is 13.5 Å². The van der Waals surface area contributed by atoms with E-state index in [9.17, 15) is 27.6 Å². The molecule has 3 rings (SSSR count). The molecule has 0 saturated carbocycles. The summed E-state index contributed by atoms with van der Waals surface area (Å²) in [6.07, 6.45) is -6.42. The zero-order chi connectivity index (χ0) is 34.9. The standard InChI is InChI=1S/C36H45F3N2O6/c1-23(2)21-31(40-33(43)47-35(5,6)7)32(42)45-25(4)46-34(44)41(20-12-14-26-13-10-17-28(22-26)36(37,38)39)24(3)29-19-11-16-27-15-8-9-18-30(27)29/h8-11,13,15-19,22-25,31H,12,14,20-21H2,1-7H3,(H,40,43)/t24-,25?,31?/m1/s1. The third kappa shape index (κ3) is 11.5. The molecule has 0 aliphatic carbocycles. The maximum Gasteiger partial charge on any atom is 0.416 e. The van der Waals surface area contributed by atoms with Crippen molar-refractivity contribution in [2.24, 2.45) is 5.92 Å².